The average molecular weight is 289 g/mol. The van der Waals surface area contributed by atoms with Crippen molar-refractivity contribution in [3.05, 3.63) is 35.9 Å². The molecule has 114 valence electrons. The molecule has 1 amide bonds. The quantitative estimate of drug-likeness (QED) is 0.758. The third kappa shape index (κ3) is 3.63. The minimum Gasteiger partial charge on any atom is -0.480 e. The predicted molar refractivity (Wildman–Crippen MR) is 80.8 cm³/mol. The van der Waals surface area contributed by atoms with Crippen LogP contribution in [0.15, 0.2) is 30.3 Å². The molecule has 0 aliphatic heterocycles. The van der Waals surface area contributed by atoms with Gasteiger partial charge in [0.15, 0.2) is 0 Å². The molecule has 2 N–H and O–H groups in total. The number of benzene rings is 1. The standard InChI is InChI=1S/C17H23NO3/c1-12(2)14(10-13-6-4-3-5-7-13)11-18-15(19)17(8-9-17)16(20)21/h3-7,12,14H,8-11H2,1-2H3,(H,18,19)(H,20,21). The molecule has 1 aliphatic carbocycles. The Morgan fingerprint density at radius 1 is 1.24 bits per heavy atom. The van der Waals surface area contributed by atoms with Crippen LogP contribution in [0.3, 0.4) is 0 Å². The zero-order valence-corrected chi connectivity index (χ0v) is 12.6. The van der Waals surface area contributed by atoms with Crippen LogP contribution in [0.5, 0.6) is 0 Å². The first-order chi connectivity index (χ1) is 9.95. The smallest absolute Gasteiger partial charge is 0.319 e. The summed E-state index contributed by atoms with van der Waals surface area (Å²) < 4.78 is 0. The third-order valence-corrected chi connectivity index (χ3v) is 4.40. The Hall–Kier alpha value is -1.84. The minimum atomic E-state index is -1.14. The number of amides is 1. The monoisotopic (exact) mass is 289 g/mol. The molecule has 1 atom stereocenters. The van der Waals surface area contributed by atoms with Gasteiger partial charge in [-0.05, 0) is 36.7 Å². The van der Waals surface area contributed by atoms with Crippen molar-refractivity contribution in [3.8, 4) is 0 Å². The summed E-state index contributed by atoms with van der Waals surface area (Å²) in [6.07, 6.45) is 1.80. The summed E-state index contributed by atoms with van der Waals surface area (Å²) in [5.41, 5.74) is 0.0960. The topological polar surface area (TPSA) is 66.4 Å². The first kappa shape index (κ1) is 15.5. The first-order valence-electron chi connectivity index (χ1n) is 7.51. The molecule has 1 unspecified atom stereocenters. The first-order valence-corrected chi connectivity index (χ1v) is 7.51. The second-order valence-electron chi connectivity index (χ2n) is 6.29. The van der Waals surface area contributed by atoms with Gasteiger partial charge >= 0.3 is 5.97 Å². The normalized spacial score (nSPS) is 17.3. The van der Waals surface area contributed by atoms with Crippen LogP contribution in [-0.2, 0) is 16.0 Å². The maximum atomic E-state index is 12.1. The van der Waals surface area contributed by atoms with Crippen molar-refractivity contribution in [2.75, 3.05) is 6.54 Å². The zero-order chi connectivity index (χ0) is 15.5. The molecular weight excluding hydrogens is 266 g/mol. The van der Waals surface area contributed by atoms with Gasteiger partial charge in [-0.15, -0.1) is 0 Å². The van der Waals surface area contributed by atoms with Gasteiger partial charge in [-0.25, -0.2) is 0 Å². The molecule has 0 radical (unpaired) electrons. The van der Waals surface area contributed by atoms with Gasteiger partial charge in [0.05, 0.1) is 0 Å². The van der Waals surface area contributed by atoms with E-state index < -0.39 is 11.4 Å². The molecule has 1 aromatic carbocycles. The Balaban J connectivity index is 1.92. The van der Waals surface area contributed by atoms with E-state index in [0.717, 1.165) is 6.42 Å². The predicted octanol–water partition coefficient (Wildman–Crippen LogP) is 2.48. The molecule has 0 saturated heterocycles. The maximum Gasteiger partial charge on any atom is 0.319 e. The molecular formula is C17H23NO3. The van der Waals surface area contributed by atoms with Crippen LogP contribution in [-0.4, -0.2) is 23.5 Å². The Morgan fingerprint density at radius 3 is 2.33 bits per heavy atom. The van der Waals surface area contributed by atoms with E-state index in [0.29, 0.717) is 31.2 Å². The second-order valence-corrected chi connectivity index (χ2v) is 6.29. The maximum absolute atomic E-state index is 12.1. The summed E-state index contributed by atoms with van der Waals surface area (Å²) in [5.74, 6) is -0.593. The zero-order valence-electron chi connectivity index (χ0n) is 12.6. The molecule has 21 heavy (non-hydrogen) atoms. The Kier molecular flexibility index (Phi) is 4.66. The molecule has 0 heterocycles. The van der Waals surface area contributed by atoms with Crippen LogP contribution < -0.4 is 5.32 Å². The highest BCUT2D eigenvalue weighted by Crippen LogP contribution is 2.46. The van der Waals surface area contributed by atoms with Crippen LogP contribution in [0.25, 0.3) is 0 Å². The van der Waals surface area contributed by atoms with Gasteiger partial charge in [-0.2, -0.15) is 0 Å². The Morgan fingerprint density at radius 2 is 1.86 bits per heavy atom. The second kappa shape index (κ2) is 6.29. The number of aliphatic carboxylic acids is 1. The van der Waals surface area contributed by atoms with Gasteiger partial charge in [0.25, 0.3) is 0 Å². The average Bonchev–Trinajstić information content (AvgIpc) is 3.25. The fourth-order valence-corrected chi connectivity index (χ4v) is 2.52. The highest BCUT2D eigenvalue weighted by molar-refractivity contribution is 6.04. The fourth-order valence-electron chi connectivity index (χ4n) is 2.52. The van der Waals surface area contributed by atoms with Crippen molar-refractivity contribution in [3.63, 3.8) is 0 Å². The molecule has 1 aliphatic rings. The third-order valence-electron chi connectivity index (χ3n) is 4.40. The lowest BCUT2D eigenvalue weighted by atomic mass is 9.89. The molecule has 4 heteroatoms. The SMILES string of the molecule is CC(C)C(CNC(=O)C1(C(=O)O)CC1)Cc1ccccc1. The summed E-state index contributed by atoms with van der Waals surface area (Å²) in [4.78, 5) is 23.2. The lowest BCUT2D eigenvalue weighted by Gasteiger charge is -2.22. The molecule has 1 aromatic rings. The van der Waals surface area contributed by atoms with Crippen LogP contribution in [0.1, 0.15) is 32.3 Å². The van der Waals surface area contributed by atoms with E-state index in [-0.39, 0.29) is 5.91 Å². The molecule has 0 bridgehead atoms. The molecule has 4 nitrogen and oxygen atoms in total. The van der Waals surface area contributed by atoms with Crippen molar-refractivity contribution in [2.45, 2.75) is 33.1 Å². The summed E-state index contributed by atoms with van der Waals surface area (Å²) in [6, 6.07) is 10.2. The lowest BCUT2D eigenvalue weighted by Crippen LogP contribution is -2.40. The molecule has 1 saturated carbocycles. The van der Waals surface area contributed by atoms with Gasteiger partial charge in [0.2, 0.25) is 5.91 Å². The number of carbonyl (C=O) groups excluding carboxylic acids is 1. The number of nitrogens with one attached hydrogen (secondary N) is 1. The van der Waals surface area contributed by atoms with Crippen molar-refractivity contribution in [1.82, 2.24) is 5.32 Å². The Labute approximate surface area is 125 Å². The number of hydrogen-bond donors (Lipinski definition) is 2. The molecule has 0 aromatic heterocycles. The van der Waals surface area contributed by atoms with Gasteiger partial charge in [-0.3, -0.25) is 9.59 Å². The van der Waals surface area contributed by atoms with Crippen LogP contribution >= 0.6 is 0 Å². The van der Waals surface area contributed by atoms with Gasteiger partial charge in [0.1, 0.15) is 5.41 Å². The van der Waals surface area contributed by atoms with E-state index in [1.807, 2.05) is 18.2 Å². The van der Waals surface area contributed by atoms with E-state index in [9.17, 15) is 9.59 Å². The molecule has 2 rings (SSSR count). The van der Waals surface area contributed by atoms with Crippen LogP contribution in [0, 0.1) is 17.3 Å². The van der Waals surface area contributed by atoms with Crippen molar-refractivity contribution < 1.29 is 14.7 Å². The lowest BCUT2D eigenvalue weighted by molar-refractivity contribution is -0.149. The van der Waals surface area contributed by atoms with Gasteiger partial charge in [-0.1, -0.05) is 44.2 Å². The number of carbonyl (C=O) groups is 2. The van der Waals surface area contributed by atoms with Gasteiger partial charge < -0.3 is 10.4 Å². The number of hydrogen-bond acceptors (Lipinski definition) is 2. The van der Waals surface area contributed by atoms with Crippen LogP contribution in [0.4, 0.5) is 0 Å². The van der Waals surface area contributed by atoms with Crippen molar-refractivity contribution in [1.29, 1.82) is 0 Å². The summed E-state index contributed by atoms with van der Waals surface area (Å²) in [5, 5.41) is 12.0. The Bertz CT molecular complexity index is 506. The van der Waals surface area contributed by atoms with E-state index >= 15 is 0 Å². The largest absolute Gasteiger partial charge is 0.480 e. The van der Waals surface area contributed by atoms with Crippen molar-refractivity contribution in [2.24, 2.45) is 17.3 Å². The summed E-state index contributed by atoms with van der Waals surface area (Å²) in [6.45, 7) is 4.79. The van der Waals surface area contributed by atoms with Crippen LogP contribution in [0.2, 0.25) is 0 Å². The fraction of sp³-hybridized carbons (Fsp3) is 0.529. The van der Waals surface area contributed by atoms with E-state index in [1.165, 1.54) is 5.56 Å². The number of carboxylic acid groups (broad SMARTS) is 1. The van der Waals surface area contributed by atoms with E-state index in [1.54, 1.807) is 0 Å². The molecule has 0 spiro atoms. The molecule has 1 fully saturated rings. The van der Waals surface area contributed by atoms with E-state index in [4.69, 9.17) is 5.11 Å². The summed E-state index contributed by atoms with van der Waals surface area (Å²) in [7, 11) is 0. The van der Waals surface area contributed by atoms with E-state index in [2.05, 4.69) is 31.3 Å². The minimum absolute atomic E-state index is 0.306. The van der Waals surface area contributed by atoms with Gasteiger partial charge in [0, 0.05) is 6.54 Å². The summed E-state index contributed by atoms with van der Waals surface area (Å²) >= 11 is 0. The highest BCUT2D eigenvalue weighted by Gasteiger charge is 2.57. The number of rotatable bonds is 7. The number of carboxylic acids is 1. The highest BCUT2D eigenvalue weighted by atomic mass is 16.4. The van der Waals surface area contributed by atoms with Crippen molar-refractivity contribution >= 4 is 11.9 Å².